The molecule has 4 aromatic carbocycles. The fraction of sp³-hybridized carbons (Fsp3) is 0.308. The van der Waals surface area contributed by atoms with E-state index in [1.165, 1.54) is 13.2 Å². The zero-order chi connectivity index (χ0) is 32.7. The fourth-order valence-electron chi connectivity index (χ4n) is 5.56. The van der Waals surface area contributed by atoms with E-state index in [0.717, 1.165) is 22.3 Å². The summed E-state index contributed by atoms with van der Waals surface area (Å²) in [5, 5.41) is 0. The average Bonchev–Trinajstić information content (AvgIpc) is 3.11. The third-order valence-electron chi connectivity index (χ3n) is 7.97. The summed E-state index contributed by atoms with van der Waals surface area (Å²) in [5.41, 5.74) is 9.75. The first kappa shape index (κ1) is 34.2. The molecule has 4 aromatic rings. The predicted octanol–water partition coefficient (Wildman–Crippen LogP) is 6.13. The standard InChI is InChI=1S/C39H43NO7/c1-42-35(41)23-14-24-39(40)38(46-28-33-21-12-5-13-22-33)37(45-27-32-19-10-4-11-20-32)36(44-26-31-17-8-3-9-18-31)34(47-39)29-43-25-30-15-6-2-7-16-30/h2-23,34,36-38H,24-29,40H2,1H3/b23-14+/t34-,36-,37+,38-,39+/m1/s1. The molecule has 2 N–H and O–H groups in total. The molecule has 47 heavy (non-hydrogen) atoms. The zero-order valence-corrected chi connectivity index (χ0v) is 26.7. The summed E-state index contributed by atoms with van der Waals surface area (Å²) in [7, 11) is 1.33. The van der Waals surface area contributed by atoms with Gasteiger partial charge in [0, 0.05) is 12.5 Å². The summed E-state index contributed by atoms with van der Waals surface area (Å²) in [4.78, 5) is 12.0. The zero-order valence-electron chi connectivity index (χ0n) is 26.7. The highest BCUT2D eigenvalue weighted by Gasteiger charge is 2.54. The molecule has 8 heteroatoms. The lowest BCUT2D eigenvalue weighted by atomic mass is 9.88. The third-order valence-corrected chi connectivity index (χ3v) is 7.97. The number of methoxy groups -OCH3 is 1. The van der Waals surface area contributed by atoms with Crippen LogP contribution in [0.1, 0.15) is 28.7 Å². The second-order valence-electron chi connectivity index (χ2n) is 11.5. The Kier molecular flexibility index (Phi) is 12.9. The molecule has 1 saturated heterocycles. The van der Waals surface area contributed by atoms with Gasteiger partial charge in [-0.3, -0.25) is 0 Å². The van der Waals surface area contributed by atoms with Crippen LogP contribution < -0.4 is 5.73 Å². The van der Waals surface area contributed by atoms with Crippen molar-refractivity contribution in [3.8, 4) is 0 Å². The van der Waals surface area contributed by atoms with Crippen LogP contribution in [0.4, 0.5) is 0 Å². The molecule has 246 valence electrons. The molecule has 0 aromatic heterocycles. The van der Waals surface area contributed by atoms with Crippen LogP contribution in [0.2, 0.25) is 0 Å². The molecule has 8 nitrogen and oxygen atoms in total. The van der Waals surface area contributed by atoms with E-state index in [1.54, 1.807) is 6.08 Å². The quantitative estimate of drug-likeness (QED) is 0.116. The normalized spacial score (nSPS) is 22.7. The van der Waals surface area contributed by atoms with Gasteiger partial charge >= 0.3 is 5.97 Å². The smallest absolute Gasteiger partial charge is 0.330 e. The van der Waals surface area contributed by atoms with Crippen LogP contribution in [0.15, 0.2) is 133 Å². The molecule has 0 radical (unpaired) electrons. The summed E-state index contributed by atoms with van der Waals surface area (Å²) in [5.74, 6) is -0.491. The van der Waals surface area contributed by atoms with E-state index in [9.17, 15) is 4.79 Å². The van der Waals surface area contributed by atoms with Gasteiger partial charge in [-0.1, -0.05) is 127 Å². The molecule has 5 rings (SSSR count). The summed E-state index contributed by atoms with van der Waals surface area (Å²) in [6.45, 7) is 1.45. The van der Waals surface area contributed by atoms with E-state index in [4.69, 9.17) is 34.2 Å². The number of benzene rings is 4. The molecular formula is C39H43NO7. The lowest BCUT2D eigenvalue weighted by Gasteiger charge is -2.51. The van der Waals surface area contributed by atoms with Gasteiger partial charge in [0.25, 0.3) is 0 Å². The number of hydrogen-bond acceptors (Lipinski definition) is 8. The molecule has 1 aliphatic heterocycles. The van der Waals surface area contributed by atoms with E-state index >= 15 is 0 Å². The van der Waals surface area contributed by atoms with E-state index in [-0.39, 0.29) is 19.6 Å². The van der Waals surface area contributed by atoms with Crippen molar-refractivity contribution in [2.45, 2.75) is 63.0 Å². The van der Waals surface area contributed by atoms with Crippen molar-refractivity contribution in [3.63, 3.8) is 0 Å². The molecule has 0 saturated carbocycles. The number of carbonyl (C=O) groups excluding carboxylic acids is 1. The molecule has 5 atom stereocenters. The van der Waals surface area contributed by atoms with Gasteiger partial charge in [-0.25, -0.2) is 4.79 Å². The van der Waals surface area contributed by atoms with Crippen LogP contribution in [0.5, 0.6) is 0 Å². The Bertz CT molecular complexity index is 1500. The SMILES string of the molecule is COC(=O)/C=C/C[C@]1(N)O[C@H](COCc2ccccc2)[C@@H](OCc2ccccc2)[C@H](OCc2ccccc2)[C@H]1OCc1ccccc1. The van der Waals surface area contributed by atoms with Gasteiger partial charge in [-0.05, 0) is 22.3 Å². The highest BCUT2D eigenvalue weighted by molar-refractivity contribution is 5.81. The largest absolute Gasteiger partial charge is 0.466 e. The molecule has 0 spiro atoms. The van der Waals surface area contributed by atoms with Crippen LogP contribution >= 0.6 is 0 Å². The van der Waals surface area contributed by atoms with Gasteiger partial charge in [-0.2, -0.15) is 0 Å². The number of esters is 1. The molecule has 0 amide bonds. The van der Waals surface area contributed by atoms with E-state index in [0.29, 0.717) is 19.8 Å². The van der Waals surface area contributed by atoms with Crippen molar-refractivity contribution in [1.29, 1.82) is 0 Å². The Balaban J connectivity index is 1.48. The van der Waals surface area contributed by atoms with Crippen LogP contribution in [-0.4, -0.2) is 49.8 Å². The Labute approximate surface area is 277 Å². The minimum absolute atomic E-state index is 0.146. The Morgan fingerprint density at radius 1 is 0.681 bits per heavy atom. The van der Waals surface area contributed by atoms with Gasteiger partial charge in [0.15, 0.2) is 0 Å². The van der Waals surface area contributed by atoms with Crippen LogP contribution in [0.3, 0.4) is 0 Å². The maximum Gasteiger partial charge on any atom is 0.330 e. The van der Waals surface area contributed by atoms with Crippen molar-refractivity contribution < 1.29 is 33.2 Å². The summed E-state index contributed by atoms with van der Waals surface area (Å²) < 4.78 is 37.8. The number of hydrogen-bond donors (Lipinski definition) is 1. The van der Waals surface area contributed by atoms with E-state index < -0.39 is 36.1 Å². The second kappa shape index (κ2) is 17.7. The summed E-state index contributed by atoms with van der Waals surface area (Å²) in [6, 6.07) is 39.7. The third kappa shape index (κ3) is 10.2. The lowest BCUT2D eigenvalue weighted by Crippen LogP contribution is -2.70. The maximum absolute atomic E-state index is 12.0. The number of carbonyl (C=O) groups is 1. The minimum atomic E-state index is -1.41. The molecule has 1 aliphatic rings. The van der Waals surface area contributed by atoms with E-state index in [1.807, 2.05) is 121 Å². The fourth-order valence-corrected chi connectivity index (χ4v) is 5.56. The monoisotopic (exact) mass is 637 g/mol. The molecule has 1 fully saturated rings. The lowest BCUT2D eigenvalue weighted by molar-refractivity contribution is -0.306. The average molecular weight is 638 g/mol. The first-order valence-corrected chi connectivity index (χ1v) is 15.8. The maximum atomic E-state index is 12.0. The predicted molar refractivity (Wildman–Crippen MR) is 179 cm³/mol. The summed E-state index contributed by atoms with van der Waals surface area (Å²) in [6.07, 6.45) is 0.427. The van der Waals surface area contributed by atoms with Gasteiger partial charge in [0.2, 0.25) is 0 Å². The van der Waals surface area contributed by atoms with Gasteiger partial charge < -0.3 is 34.2 Å². The van der Waals surface area contributed by atoms with Crippen LogP contribution in [0, 0.1) is 0 Å². The van der Waals surface area contributed by atoms with Gasteiger partial charge in [0.05, 0.1) is 40.1 Å². The Morgan fingerprint density at radius 2 is 1.13 bits per heavy atom. The van der Waals surface area contributed by atoms with Crippen molar-refractivity contribution in [1.82, 2.24) is 0 Å². The summed E-state index contributed by atoms with van der Waals surface area (Å²) >= 11 is 0. The number of nitrogens with two attached hydrogens (primary N) is 1. The topological polar surface area (TPSA) is 98.5 Å². The van der Waals surface area contributed by atoms with Crippen LogP contribution in [-0.2, 0) is 59.6 Å². The Morgan fingerprint density at radius 3 is 1.62 bits per heavy atom. The molecule has 0 aliphatic carbocycles. The Hall–Kier alpha value is -4.15. The van der Waals surface area contributed by atoms with Crippen molar-refractivity contribution >= 4 is 5.97 Å². The first-order chi connectivity index (χ1) is 23.0. The van der Waals surface area contributed by atoms with Gasteiger partial charge in [0.1, 0.15) is 30.1 Å². The minimum Gasteiger partial charge on any atom is -0.466 e. The van der Waals surface area contributed by atoms with Crippen molar-refractivity contribution in [3.05, 3.63) is 156 Å². The number of rotatable bonds is 16. The molecule has 0 bridgehead atoms. The molecular weight excluding hydrogens is 594 g/mol. The van der Waals surface area contributed by atoms with Crippen molar-refractivity contribution in [2.75, 3.05) is 13.7 Å². The first-order valence-electron chi connectivity index (χ1n) is 15.8. The highest BCUT2D eigenvalue weighted by atomic mass is 16.6. The molecule has 0 unspecified atom stereocenters. The number of ether oxygens (including phenoxy) is 6. The molecule has 1 heterocycles. The van der Waals surface area contributed by atoms with Crippen molar-refractivity contribution in [2.24, 2.45) is 5.73 Å². The van der Waals surface area contributed by atoms with E-state index in [2.05, 4.69) is 0 Å². The van der Waals surface area contributed by atoms with Crippen LogP contribution in [0.25, 0.3) is 0 Å². The highest BCUT2D eigenvalue weighted by Crippen LogP contribution is 2.36. The second-order valence-corrected chi connectivity index (χ2v) is 11.5. The van der Waals surface area contributed by atoms with Gasteiger partial charge in [-0.15, -0.1) is 0 Å².